The van der Waals surface area contributed by atoms with Gasteiger partial charge in [-0.25, -0.2) is 9.37 Å². The van der Waals surface area contributed by atoms with Crippen LogP contribution in [0.25, 0.3) is 0 Å². The summed E-state index contributed by atoms with van der Waals surface area (Å²) < 4.78 is 13.5. The highest BCUT2D eigenvalue weighted by Crippen LogP contribution is 2.28. The summed E-state index contributed by atoms with van der Waals surface area (Å²) in [6.45, 7) is 4.69. The first-order valence-electron chi connectivity index (χ1n) is 6.26. The fourth-order valence-corrected chi connectivity index (χ4v) is 3.11. The van der Waals surface area contributed by atoms with E-state index in [1.165, 1.54) is 12.1 Å². The quantitative estimate of drug-likeness (QED) is 0.796. The molecule has 1 N–H and O–H groups in total. The van der Waals surface area contributed by atoms with Gasteiger partial charge >= 0.3 is 0 Å². The number of hydrogen-bond acceptors (Lipinski definition) is 3. The molecule has 0 spiro atoms. The molecule has 6 heteroatoms. The number of halogens is 3. The Labute approximate surface area is 131 Å². The minimum absolute atomic E-state index is 0.0453. The molecule has 0 bridgehead atoms. The predicted octanol–water partition coefficient (Wildman–Crippen LogP) is 4.79. The summed E-state index contributed by atoms with van der Waals surface area (Å²) in [4.78, 5) is 4.40. The van der Waals surface area contributed by atoms with Gasteiger partial charge in [0, 0.05) is 29.4 Å². The summed E-state index contributed by atoms with van der Waals surface area (Å²) >= 11 is 13.4. The first-order valence-corrected chi connectivity index (χ1v) is 7.89. The lowest BCUT2D eigenvalue weighted by atomic mass is 10.1. The average Bonchev–Trinajstić information content (AvgIpc) is 2.79. The van der Waals surface area contributed by atoms with E-state index in [1.54, 1.807) is 11.3 Å². The summed E-state index contributed by atoms with van der Waals surface area (Å²) in [6, 6.07) is 2.78. The molecule has 108 valence electrons. The lowest BCUT2D eigenvalue weighted by molar-refractivity contribution is 0.565. The molecule has 1 atom stereocenters. The van der Waals surface area contributed by atoms with Gasteiger partial charge in [-0.3, -0.25) is 0 Å². The Balaban J connectivity index is 1.95. The van der Waals surface area contributed by atoms with E-state index in [2.05, 4.69) is 15.7 Å². The van der Waals surface area contributed by atoms with Crippen LogP contribution in [0, 0.1) is 12.7 Å². The Bertz CT molecular complexity index is 601. The van der Waals surface area contributed by atoms with Gasteiger partial charge in [0.15, 0.2) is 0 Å². The van der Waals surface area contributed by atoms with Crippen LogP contribution < -0.4 is 5.32 Å². The van der Waals surface area contributed by atoms with Crippen molar-refractivity contribution in [1.29, 1.82) is 0 Å². The summed E-state index contributed by atoms with van der Waals surface area (Å²) in [5.74, 6) is -0.449. The van der Waals surface area contributed by atoms with Crippen LogP contribution in [0.5, 0.6) is 0 Å². The molecule has 1 unspecified atom stereocenters. The summed E-state index contributed by atoms with van der Waals surface area (Å²) in [5.41, 5.74) is 1.78. The largest absolute Gasteiger partial charge is 0.310 e. The summed E-state index contributed by atoms with van der Waals surface area (Å²) in [6.07, 6.45) is 0.836. The molecule has 0 amide bonds. The molecule has 20 heavy (non-hydrogen) atoms. The summed E-state index contributed by atoms with van der Waals surface area (Å²) in [5, 5.41) is 6.95. The van der Waals surface area contributed by atoms with E-state index in [-0.39, 0.29) is 11.1 Å². The highest BCUT2D eigenvalue weighted by atomic mass is 35.5. The van der Waals surface area contributed by atoms with Gasteiger partial charge in [0.1, 0.15) is 5.82 Å². The average molecular weight is 333 g/mol. The van der Waals surface area contributed by atoms with Crippen LogP contribution in [0.2, 0.25) is 10.0 Å². The topological polar surface area (TPSA) is 24.9 Å². The van der Waals surface area contributed by atoms with E-state index in [0.717, 1.165) is 23.7 Å². The first-order chi connectivity index (χ1) is 9.47. The second-order valence-corrected chi connectivity index (χ2v) is 6.45. The molecule has 0 aliphatic heterocycles. The maximum Gasteiger partial charge on any atom is 0.142 e. The number of aryl methyl sites for hydroxylation is 1. The van der Waals surface area contributed by atoms with Gasteiger partial charge in [-0.15, -0.1) is 11.3 Å². The molecule has 1 aromatic heterocycles. The van der Waals surface area contributed by atoms with Crippen molar-refractivity contribution in [2.24, 2.45) is 0 Å². The lowest BCUT2D eigenvalue weighted by Gasteiger charge is -2.16. The maximum absolute atomic E-state index is 13.5. The number of rotatable bonds is 5. The maximum atomic E-state index is 13.5. The van der Waals surface area contributed by atoms with E-state index < -0.39 is 5.82 Å². The van der Waals surface area contributed by atoms with Crippen LogP contribution >= 0.6 is 34.5 Å². The Hall–Kier alpha value is -0.680. The van der Waals surface area contributed by atoms with Crippen molar-refractivity contribution in [2.45, 2.75) is 26.3 Å². The number of aromatic nitrogens is 1. The van der Waals surface area contributed by atoms with E-state index in [9.17, 15) is 4.39 Å². The molecular formula is C14H15Cl2FN2S. The summed E-state index contributed by atoms with van der Waals surface area (Å²) in [7, 11) is 0. The zero-order valence-electron chi connectivity index (χ0n) is 11.2. The monoisotopic (exact) mass is 332 g/mol. The highest BCUT2D eigenvalue weighted by Gasteiger charge is 2.13. The van der Waals surface area contributed by atoms with E-state index >= 15 is 0 Å². The van der Waals surface area contributed by atoms with Crippen LogP contribution in [0.15, 0.2) is 17.5 Å². The normalized spacial score (nSPS) is 12.7. The molecule has 0 aliphatic carbocycles. The van der Waals surface area contributed by atoms with Crippen molar-refractivity contribution in [2.75, 3.05) is 6.54 Å². The van der Waals surface area contributed by atoms with Crippen molar-refractivity contribution in [3.8, 4) is 0 Å². The predicted molar refractivity (Wildman–Crippen MR) is 83.4 cm³/mol. The fourth-order valence-electron chi connectivity index (χ4n) is 1.92. The van der Waals surface area contributed by atoms with Gasteiger partial charge in [-0.2, -0.15) is 0 Å². The van der Waals surface area contributed by atoms with Gasteiger partial charge in [0.25, 0.3) is 0 Å². The third kappa shape index (κ3) is 3.92. The Morgan fingerprint density at radius 2 is 2.10 bits per heavy atom. The van der Waals surface area contributed by atoms with E-state index in [0.29, 0.717) is 10.6 Å². The Kier molecular flexibility index (Phi) is 5.38. The van der Waals surface area contributed by atoms with E-state index in [1.807, 2.05) is 13.8 Å². The standard InChI is InChI=1S/C14H15Cl2FN2S/c1-8(11-5-14(17)13(16)6-12(11)15)18-4-3-10-7-20-9(2)19-10/h5-8,18H,3-4H2,1-2H3. The highest BCUT2D eigenvalue weighted by molar-refractivity contribution is 7.09. The molecule has 2 aromatic rings. The Morgan fingerprint density at radius 1 is 1.35 bits per heavy atom. The van der Waals surface area contributed by atoms with Gasteiger partial charge in [0.05, 0.1) is 15.7 Å². The lowest BCUT2D eigenvalue weighted by Crippen LogP contribution is -2.22. The zero-order valence-corrected chi connectivity index (χ0v) is 13.5. The minimum atomic E-state index is -0.449. The molecular weight excluding hydrogens is 318 g/mol. The molecule has 0 fully saturated rings. The van der Waals surface area contributed by atoms with Crippen molar-refractivity contribution in [3.63, 3.8) is 0 Å². The number of nitrogens with zero attached hydrogens (tertiary/aromatic N) is 1. The van der Waals surface area contributed by atoms with Crippen molar-refractivity contribution < 1.29 is 4.39 Å². The van der Waals surface area contributed by atoms with Gasteiger partial charge in [-0.1, -0.05) is 23.2 Å². The number of nitrogens with one attached hydrogen (secondary N) is 1. The molecule has 0 saturated heterocycles. The molecule has 1 aromatic carbocycles. The number of thiazole rings is 1. The SMILES string of the molecule is Cc1nc(CCNC(C)c2cc(F)c(Cl)cc2Cl)cs1. The molecule has 0 aliphatic rings. The first kappa shape index (κ1) is 15.7. The van der Waals surface area contributed by atoms with Crippen LogP contribution in [0.1, 0.15) is 29.2 Å². The molecule has 1 heterocycles. The van der Waals surface area contributed by atoms with Crippen LogP contribution in [0.4, 0.5) is 4.39 Å². The third-order valence-electron chi connectivity index (χ3n) is 3.00. The van der Waals surface area contributed by atoms with Crippen molar-refractivity contribution >= 4 is 34.5 Å². The molecule has 2 nitrogen and oxygen atoms in total. The molecule has 0 saturated carbocycles. The second kappa shape index (κ2) is 6.85. The van der Waals surface area contributed by atoms with Crippen LogP contribution in [0.3, 0.4) is 0 Å². The van der Waals surface area contributed by atoms with Crippen LogP contribution in [-0.2, 0) is 6.42 Å². The van der Waals surface area contributed by atoms with Gasteiger partial charge in [-0.05, 0) is 31.5 Å². The Morgan fingerprint density at radius 3 is 2.75 bits per heavy atom. The number of benzene rings is 1. The fraction of sp³-hybridized carbons (Fsp3) is 0.357. The van der Waals surface area contributed by atoms with Crippen LogP contribution in [-0.4, -0.2) is 11.5 Å². The molecule has 0 radical (unpaired) electrons. The molecule has 2 rings (SSSR count). The smallest absolute Gasteiger partial charge is 0.142 e. The van der Waals surface area contributed by atoms with Crippen molar-refractivity contribution in [1.82, 2.24) is 10.3 Å². The third-order valence-corrected chi connectivity index (χ3v) is 4.44. The van der Waals surface area contributed by atoms with Gasteiger partial charge in [0.2, 0.25) is 0 Å². The minimum Gasteiger partial charge on any atom is -0.310 e. The van der Waals surface area contributed by atoms with Crippen molar-refractivity contribution in [3.05, 3.63) is 49.6 Å². The van der Waals surface area contributed by atoms with Gasteiger partial charge < -0.3 is 5.32 Å². The van der Waals surface area contributed by atoms with E-state index in [4.69, 9.17) is 23.2 Å². The second-order valence-electron chi connectivity index (χ2n) is 4.57. The zero-order chi connectivity index (χ0) is 14.7. The number of hydrogen-bond donors (Lipinski definition) is 1.